The summed E-state index contributed by atoms with van der Waals surface area (Å²) in [6, 6.07) is -7.70. The molecule has 2 fully saturated rings. The minimum atomic E-state index is -1.83. The molecule has 0 bridgehead atoms. The maximum absolute atomic E-state index is 15.1. The molecule has 0 saturated carbocycles. The van der Waals surface area contributed by atoms with Gasteiger partial charge in [-0.15, -0.1) is 0 Å². The Hall–Kier alpha value is -8.80. The summed E-state index contributed by atoms with van der Waals surface area (Å²) in [6.07, 6.45) is 0.767. The number of nitrogens with two attached hydrogens (primary N) is 1. The SMILES string of the molecule is CC=C1NC(=O)C(Cc2ccccc2)NC(=O)C(C(C)CC)NC(=O)C(C(C)CC)NC(=O)C(NC(=O)C(CC(C)C)NC(=O)C(CCCN)NC(=O)C2CCCN2C(=O)C(NC(=O)C(NC(=O)C(NC(=O)C(NC(=O)C=C(C)C)C(C)C)C(C)O)C(C)C)C(C)C)C(C)OC(=O)C(C(C)C)NC1=O. The number of ether oxygens (including phenoxy) is 1. The first-order chi connectivity index (χ1) is 48.7. The Morgan fingerprint density at radius 3 is 1.67 bits per heavy atom. The van der Waals surface area contributed by atoms with Crippen molar-refractivity contribution >= 4 is 82.8 Å². The number of allylic oxidation sites excluding steroid dienone is 2. The van der Waals surface area contributed by atoms with Crippen molar-refractivity contribution in [1.29, 1.82) is 0 Å². The predicted octanol–water partition coefficient (Wildman–Crippen LogP) is 1.37. The molecule has 3 rings (SSSR count). The van der Waals surface area contributed by atoms with Crippen molar-refractivity contribution in [2.24, 2.45) is 47.2 Å². The van der Waals surface area contributed by atoms with E-state index in [4.69, 9.17) is 10.5 Å². The average molecular weight is 1460 g/mol. The molecule has 30 heteroatoms. The van der Waals surface area contributed by atoms with E-state index in [2.05, 4.69) is 63.8 Å². The third kappa shape index (κ3) is 27.0. The number of nitrogens with zero attached hydrogens (tertiary/aromatic N) is 1. The van der Waals surface area contributed by atoms with E-state index in [0.717, 1.165) is 0 Å². The van der Waals surface area contributed by atoms with Crippen LogP contribution in [0.2, 0.25) is 0 Å². The fraction of sp³-hybridized carbons (Fsp3) is 0.676. The van der Waals surface area contributed by atoms with Gasteiger partial charge in [0, 0.05) is 19.0 Å². The minimum Gasteiger partial charge on any atom is -0.458 e. The van der Waals surface area contributed by atoms with Crippen molar-refractivity contribution < 1.29 is 77.0 Å². The van der Waals surface area contributed by atoms with Gasteiger partial charge in [-0.25, -0.2) is 4.79 Å². The third-order valence-electron chi connectivity index (χ3n) is 18.6. The predicted molar refractivity (Wildman–Crippen MR) is 391 cm³/mol. The van der Waals surface area contributed by atoms with Crippen LogP contribution < -0.4 is 69.5 Å². The van der Waals surface area contributed by atoms with Crippen LogP contribution in [-0.4, -0.2) is 191 Å². The lowest BCUT2D eigenvalue weighted by Gasteiger charge is -2.33. The number of cyclic esters (lactones) is 1. The van der Waals surface area contributed by atoms with Crippen LogP contribution in [0.5, 0.6) is 0 Å². The first-order valence-corrected chi connectivity index (χ1v) is 36.6. The third-order valence-corrected chi connectivity index (χ3v) is 18.6. The molecule has 0 aromatic heterocycles. The first kappa shape index (κ1) is 89.4. The van der Waals surface area contributed by atoms with Crippen LogP contribution in [-0.2, 0) is 78.3 Å². The molecule has 582 valence electrons. The summed E-state index contributed by atoms with van der Waals surface area (Å²) in [6.45, 7) is 31.3. The Labute approximate surface area is 613 Å². The number of esters is 1. The van der Waals surface area contributed by atoms with Gasteiger partial charge in [-0.1, -0.05) is 152 Å². The van der Waals surface area contributed by atoms with Gasteiger partial charge in [-0.3, -0.25) is 62.3 Å². The van der Waals surface area contributed by atoms with E-state index in [9.17, 15) is 67.4 Å². The van der Waals surface area contributed by atoms with Crippen LogP contribution in [0.3, 0.4) is 0 Å². The highest BCUT2D eigenvalue weighted by Gasteiger charge is 2.44. The molecule has 13 amide bonds. The molecule has 104 heavy (non-hydrogen) atoms. The number of amides is 13. The molecule has 16 unspecified atom stereocenters. The van der Waals surface area contributed by atoms with Crippen LogP contribution in [0.25, 0.3) is 0 Å². The molecule has 2 aliphatic heterocycles. The number of hydrogen-bond acceptors (Lipinski definition) is 17. The van der Waals surface area contributed by atoms with Crippen LogP contribution in [0, 0.1) is 41.4 Å². The number of carbonyl (C=O) groups is 14. The summed E-state index contributed by atoms with van der Waals surface area (Å²) >= 11 is 0. The standard InChI is InChI=1S/C74H120N14O16/c1-20-43(16)58-69(98)79-51(36-47-28-24-23-25-29-47)64(93)76-48(22-3)62(91)83-57(42(14)15)74(103)104-46(19)61(72(101)85-59(44(17)21-2)70(99)84-58)87-65(94)50(34-37(4)5)78-63(92)49(30-26-32-75)77-66(95)52-31-27-33-88(52)73(102)56(41(12)13)82-68(97)55(40(10)11)81-71(100)60(45(18)89)86-67(96)54(39(8)9)80-53(90)35-38(6)7/h22-25,28-29,35,37,39-46,49-52,54-61,89H,20-21,26-27,30-34,36,75H2,1-19H3,(H,76,93)(H,77,95)(H,78,92)(H,79,98)(H,80,90)(H,81,100)(H,82,97)(H,83,91)(H,84,99)(H,85,101)(H,86,96)(H,87,94). The Bertz CT molecular complexity index is 3210. The second-order valence-electron chi connectivity index (χ2n) is 29.5. The largest absolute Gasteiger partial charge is 0.458 e. The number of rotatable bonds is 31. The molecule has 0 spiro atoms. The van der Waals surface area contributed by atoms with Crippen molar-refractivity contribution in [1.82, 2.24) is 68.7 Å². The molecule has 1 aromatic carbocycles. The maximum atomic E-state index is 15.1. The second-order valence-corrected chi connectivity index (χ2v) is 29.5. The molecular formula is C74H120N14O16. The molecular weight excluding hydrogens is 1340 g/mol. The number of aliphatic hydroxyl groups is 1. The number of aliphatic hydroxyl groups excluding tert-OH is 1. The lowest BCUT2D eigenvalue weighted by molar-refractivity contribution is -0.157. The fourth-order valence-electron chi connectivity index (χ4n) is 11.9. The van der Waals surface area contributed by atoms with Gasteiger partial charge in [-0.2, -0.15) is 0 Å². The summed E-state index contributed by atoms with van der Waals surface area (Å²) in [5.74, 6) is -15.3. The lowest BCUT2D eigenvalue weighted by atomic mass is 9.94. The number of hydrogen-bond donors (Lipinski definition) is 14. The highest BCUT2D eigenvalue weighted by Crippen LogP contribution is 2.23. The Morgan fingerprint density at radius 2 is 1.16 bits per heavy atom. The summed E-state index contributed by atoms with van der Waals surface area (Å²) < 4.78 is 5.96. The molecule has 2 saturated heterocycles. The van der Waals surface area contributed by atoms with Crippen molar-refractivity contribution in [2.45, 2.75) is 268 Å². The molecule has 0 radical (unpaired) electrons. The van der Waals surface area contributed by atoms with Crippen molar-refractivity contribution in [3.63, 3.8) is 0 Å². The van der Waals surface area contributed by atoms with Gasteiger partial charge in [0.05, 0.1) is 6.10 Å². The molecule has 16 atom stereocenters. The zero-order valence-electron chi connectivity index (χ0n) is 64.3. The van der Waals surface area contributed by atoms with Gasteiger partial charge in [0.1, 0.15) is 84.3 Å². The van der Waals surface area contributed by atoms with Crippen LogP contribution in [0.1, 0.15) is 182 Å². The lowest BCUT2D eigenvalue weighted by Crippen LogP contribution is -2.63. The average Bonchev–Trinajstić information content (AvgIpc) is 1.57. The van der Waals surface area contributed by atoms with Gasteiger partial charge in [-0.05, 0) is 120 Å². The molecule has 2 aliphatic rings. The van der Waals surface area contributed by atoms with Gasteiger partial charge >= 0.3 is 5.97 Å². The molecule has 0 aliphatic carbocycles. The number of likely N-dealkylation sites (tertiary alicyclic amines) is 1. The van der Waals surface area contributed by atoms with E-state index in [-0.39, 0.29) is 56.8 Å². The highest BCUT2D eigenvalue weighted by atomic mass is 16.5. The maximum Gasteiger partial charge on any atom is 0.329 e. The van der Waals surface area contributed by atoms with Gasteiger partial charge < -0.3 is 84.3 Å². The van der Waals surface area contributed by atoms with Crippen LogP contribution >= 0.6 is 0 Å². The van der Waals surface area contributed by atoms with Gasteiger partial charge in [0.25, 0.3) is 5.91 Å². The van der Waals surface area contributed by atoms with Crippen molar-refractivity contribution in [3.05, 3.63) is 59.3 Å². The highest BCUT2D eigenvalue weighted by molar-refractivity contribution is 6.03. The Morgan fingerprint density at radius 1 is 0.635 bits per heavy atom. The Kier molecular flexibility index (Phi) is 36.8. The van der Waals surface area contributed by atoms with Gasteiger partial charge in [0.2, 0.25) is 70.9 Å². The normalized spacial score (nSPS) is 22.5. The summed E-state index contributed by atoms with van der Waals surface area (Å²) in [5, 5.41) is 43.0. The minimum absolute atomic E-state index is 0.0337. The van der Waals surface area contributed by atoms with E-state index in [1.165, 1.54) is 37.8 Å². The van der Waals surface area contributed by atoms with E-state index >= 15 is 4.79 Å². The molecule has 30 nitrogen and oxygen atoms in total. The van der Waals surface area contributed by atoms with E-state index in [1.54, 1.807) is 141 Å². The smallest absolute Gasteiger partial charge is 0.329 e. The van der Waals surface area contributed by atoms with E-state index in [1.807, 2.05) is 0 Å². The van der Waals surface area contributed by atoms with Crippen molar-refractivity contribution in [2.75, 3.05) is 13.1 Å². The number of carbonyl (C=O) groups excluding carboxylic acids is 14. The number of nitrogens with one attached hydrogen (secondary N) is 12. The molecule has 1 aromatic rings. The summed E-state index contributed by atoms with van der Waals surface area (Å²) in [7, 11) is 0. The van der Waals surface area contributed by atoms with E-state index in [0.29, 0.717) is 30.4 Å². The van der Waals surface area contributed by atoms with Gasteiger partial charge in [0.15, 0.2) is 0 Å². The Balaban J connectivity index is 2.03. The topological polar surface area (TPSA) is 442 Å². The molecule has 15 N–H and O–H groups in total. The van der Waals surface area contributed by atoms with Crippen LogP contribution in [0.15, 0.2) is 53.8 Å². The second kappa shape index (κ2) is 42.8. The number of benzene rings is 1. The summed E-state index contributed by atoms with van der Waals surface area (Å²) in [4.78, 5) is 202. The fourth-order valence-corrected chi connectivity index (χ4v) is 11.9. The monoisotopic (exact) mass is 1460 g/mol. The first-order valence-electron chi connectivity index (χ1n) is 36.6. The van der Waals surface area contributed by atoms with E-state index < -0.39 is 203 Å². The molecule has 2 heterocycles. The van der Waals surface area contributed by atoms with Crippen LogP contribution in [0.4, 0.5) is 0 Å². The zero-order chi connectivity index (χ0) is 78.7. The zero-order valence-corrected chi connectivity index (χ0v) is 64.3. The quantitative estimate of drug-likeness (QED) is 0.0369. The summed E-state index contributed by atoms with van der Waals surface area (Å²) in [5.41, 5.74) is 7.02. The van der Waals surface area contributed by atoms with Crippen molar-refractivity contribution in [3.8, 4) is 0 Å².